The van der Waals surface area contributed by atoms with E-state index < -0.39 is 0 Å². The topological polar surface area (TPSA) is 52.6 Å². The van der Waals surface area contributed by atoms with E-state index in [0.717, 1.165) is 31.2 Å². The summed E-state index contributed by atoms with van der Waals surface area (Å²) in [6.07, 6.45) is 1.10. The molecule has 0 atom stereocenters. The number of hydrogen-bond acceptors (Lipinski definition) is 4. The van der Waals surface area contributed by atoms with Crippen LogP contribution in [0.1, 0.15) is 64.6 Å². The maximum absolute atomic E-state index is 4.64. The molecule has 1 aromatic rings. The highest BCUT2D eigenvalue weighted by molar-refractivity contribution is 14.0. The van der Waals surface area contributed by atoms with Crippen LogP contribution in [0.15, 0.2) is 10.4 Å². The number of hydrogen-bond donors (Lipinski definition) is 2. The van der Waals surface area contributed by atoms with Gasteiger partial charge in [0.25, 0.3) is 0 Å². The molecule has 0 bridgehead atoms. The molecule has 0 saturated carbocycles. The Morgan fingerprint density at radius 2 is 1.80 bits per heavy atom. The second-order valence-electron chi connectivity index (χ2n) is 6.96. The zero-order valence-electron chi connectivity index (χ0n) is 16.8. The first-order valence-electron chi connectivity index (χ1n) is 8.99. The lowest BCUT2D eigenvalue weighted by Gasteiger charge is -2.30. The molecule has 0 aliphatic heterocycles. The smallest absolute Gasteiger partial charge is 0.191 e. The minimum atomic E-state index is 0. The Morgan fingerprint density at radius 3 is 2.28 bits per heavy atom. The molecule has 25 heavy (non-hydrogen) atoms. The molecule has 0 unspecified atom stereocenters. The summed E-state index contributed by atoms with van der Waals surface area (Å²) in [4.78, 5) is 11.4. The molecule has 1 rings (SSSR count). The minimum absolute atomic E-state index is 0. The van der Waals surface area contributed by atoms with Crippen molar-refractivity contribution >= 4 is 41.3 Å². The van der Waals surface area contributed by atoms with E-state index in [2.05, 4.69) is 72.4 Å². The van der Waals surface area contributed by atoms with Crippen LogP contribution in [0.3, 0.4) is 0 Å². The van der Waals surface area contributed by atoms with Gasteiger partial charge in [0.1, 0.15) is 0 Å². The summed E-state index contributed by atoms with van der Waals surface area (Å²) < 4.78 is 0. The summed E-state index contributed by atoms with van der Waals surface area (Å²) in [5.74, 6) is 1.33. The van der Waals surface area contributed by atoms with Crippen molar-refractivity contribution in [1.82, 2.24) is 20.5 Å². The quantitative estimate of drug-likeness (QED) is 0.242. The molecule has 1 heterocycles. The number of guanidine groups is 1. The van der Waals surface area contributed by atoms with Gasteiger partial charge in [-0.05, 0) is 34.1 Å². The summed E-state index contributed by atoms with van der Waals surface area (Å²) in [5, 5.41) is 10.0. The fraction of sp³-hybridized carbons (Fsp3) is 0.778. The first-order chi connectivity index (χ1) is 11.3. The van der Waals surface area contributed by atoms with Gasteiger partial charge in [-0.1, -0.05) is 13.8 Å². The van der Waals surface area contributed by atoms with Crippen LogP contribution in [0.4, 0.5) is 0 Å². The molecule has 0 radical (unpaired) electrons. The number of nitrogens with zero attached hydrogens (tertiary/aromatic N) is 3. The molecular formula is C18H36IN5S. The van der Waals surface area contributed by atoms with Gasteiger partial charge in [0.15, 0.2) is 5.96 Å². The second kappa shape index (κ2) is 12.9. The number of rotatable bonds is 9. The molecule has 0 amide bonds. The van der Waals surface area contributed by atoms with Crippen LogP contribution in [-0.4, -0.2) is 48.1 Å². The molecule has 0 spiro atoms. The van der Waals surface area contributed by atoms with Crippen LogP contribution >= 0.6 is 35.3 Å². The highest BCUT2D eigenvalue weighted by Crippen LogP contribution is 2.18. The van der Waals surface area contributed by atoms with Crippen LogP contribution in [-0.2, 0) is 6.54 Å². The van der Waals surface area contributed by atoms with Crippen LogP contribution in [0.5, 0.6) is 0 Å². The standard InChI is InChI=1S/C18H35N5S.HI/c1-13(2)17-22-16(12-24-17)11-21-18(19-7)20-9-8-10-23(14(3)4)15(5)6;/h12-15H,8-11H2,1-7H3,(H2,19,20,21);1H. The Balaban J connectivity index is 0.00000576. The maximum atomic E-state index is 4.64. The normalized spacial score (nSPS) is 12.2. The molecule has 7 heteroatoms. The lowest BCUT2D eigenvalue weighted by atomic mass is 10.2. The van der Waals surface area contributed by atoms with E-state index in [1.165, 1.54) is 5.01 Å². The third-order valence-corrected chi connectivity index (χ3v) is 5.13. The molecule has 0 aliphatic rings. The van der Waals surface area contributed by atoms with E-state index in [-0.39, 0.29) is 24.0 Å². The molecule has 0 saturated heterocycles. The molecule has 0 fully saturated rings. The fourth-order valence-electron chi connectivity index (χ4n) is 2.65. The summed E-state index contributed by atoms with van der Waals surface area (Å²) in [6.45, 7) is 16.1. The van der Waals surface area contributed by atoms with E-state index in [0.29, 0.717) is 24.5 Å². The Labute approximate surface area is 175 Å². The lowest BCUT2D eigenvalue weighted by Crippen LogP contribution is -2.41. The number of aromatic nitrogens is 1. The molecular weight excluding hydrogens is 445 g/mol. The fourth-order valence-corrected chi connectivity index (χ4v) is 3.48. The van der Waals surface area contributed by atoms with Crippen molar-refractivity contribution in [1.29, 1.82) is 0 Å². The van der Waals surface area contributed by atoms with E-state index in [4.69, 9.17) is 0 Å². The molecule has 1 aromatic heterocycles. The van der Waals surface area contributed by atoms with Gasteiger partial charge in [-0.3, -0.25) is 9.89 Å². The predicted octanol–water partition coefficient (Wildman–Crippen LogP) is 4.06. The van der Waals surface area contributed by atoms with Crippen LogP contribution in [0.2, 0.25) is 0 Å². The predicted molar refractivity (Wildman–Crippen MR) is 121 cm³/mol. The maximum Gasteiger partial charge on any atom is 0.191 e. The first-order valence-corrected chi connectivity index (χ1v) is 9.87. The summed E-state index contributed by atoms with van der Waals surface area (Å²) in [5.41, 5.74) is 1.08. The van der Waals surface area contributed by atoms with Gasteiger partial charge < -0.3 is 10.6 Å². The van der Waals surface area contributed by atoms with Crippen molar-refractivity contribution < 1.29 is 0 Å². The van der Waals surface area contributed by atoms with Gasteiger partial charge in [-0.15, -0.1) is 35.3 Å². The lowest BCUT2D eigenvalue weighted by molar-refractivity contribution is 0.173. The molecule has 2 N–H and O–H groups in total. The van der Waals surface area contributed by atoms with E-state index in [9.17, 15) is 0 Å². The van der Waals surface area contributed by atoms with Crippen LogP contribution < -0.4 is 10.6 Å². The monoisotopic (exact) mass is 481 g/mol. The third kappa shape index (κ3) is 9.19. The molecule has 146 valence electrons. The van der Waals surface area contributed by atoms with Crippen molar-refractivity contribution in [2.45, 2.75) is 72.5 Å². The zero-order chi connectivity index (χ0) is 18.1. The highest BCUT2D eigenvalue weighted by Gasteiger charge is 2.12. The van der Waals surface area contributed by atoms with Crippen molar-refractivity contribution in [3.05, 3.63) is 16.1 Å². The van der Waals surface area contributed by atoms with Gasteiger partial charge in [0.05, 0.1) is 17.2 Å². The SMILES string of the molecule is CN=C(NCCCN(C(C)C)C(C)C)NCc1csc(C(C)C)n1.I. The Morgan fingerprint density at radius 1 is 1.16 bits per heavy atom. The zero-order valence-corrected chi connectivity index (χ0v) is 19.9. The average Bonchev–Trinajstić information content (AvgIpc) is 2.98. The average molecular weight is 481 g/mol. The number of aliphatic imine (C=N–C) groups is 1. The highest BCUT2D eigenvalue weighted by atomic mass is 127. The van der Waals surface area contributed by atoms with Gasteiger partial charge in [0, 0.05) is 43.5 Å². The van der Waals surface area contributed by atoms with E-state index >= 15 is 0 Å². The van der Waals surface area contributed by atoms with Gasteiger partial charge in [-0.25, -0.2) is 4.98 Å². The van der Waals surface area contributed by atoms with Gasteiger partial charge in [0.2, 0.25) is 0 Å². The Bertz CT molecular complexity index is 491. The van der Waals surface area contributed by atoms with Crippen molar-refractivity contribution in [3.63, 3.8) is 0 Å². The van der Waals surface area contributed by atoms with Crippen LogP contribution in [0.25, 0.3) is 0 Å². The molecule has 5 nitrogen and oxygen atoms in total. The van der Waals surface area contributed by atoms with Crippen molar-refractivity contribution in [2.75, 3.05) is 20.1 Å². The van der Waals surface area contributed by atoms with Crippen molar-refractivity contribution in [2.24, 2.45) is 4.99 Å². The van der Waals surface area contributed by atoms with Gasteiger partial charge >= 0.3 is 0 Å². The number of thiazole rings is 1. The third-order valence-electron chi connectivity index (χ3n) is 3.94. The van der Waals surface area contributed by atoms with E-state index in [1.807, 2.05) is 7.05 Å². The molecule has 0 aliphatic carbocycles. The first kappa shape index (κ1) is 24.6. The second-order valence-corrected chi connectivity index (χ2v) is 7.85. The number of nitrogens with one attached hydrogen (secondary N) is 2. The van der Waals surface area contributed by atoms with Gasteiger partial charge in [-0.2, -0.15) is 0 Å². The van der Waals surface area contributed by atoms with Crippen LogP contribution in [0, 0.1) is 0 Å². The van der Waals surface area contributed by atoms with E-state index in [1.54, 1.807) is 11.3 Å². The minimum Gasteiger partial charge on any atom is -0.356 e. The Kier molecular flexibility index (Phi) is 12.7. The Hall–Kier alpha value is -0.410. The summed E-state index contributed by atoms with van der Waals surface area (Å²) in [6, 6.07) is 1.17. The van der Waals surface area contributed by atoms with Crippen molar-refractivity contribution in [3.8, 4) is 0 Å². The largest absolute Gasteiger partial charge is 0.356 e. The number of halogens is 1. The molecule has 0 aromatic carbocycles. The summed E-state index contributed by atoms with van der Waals surface area (Å²) >= 11 is 1.73. The summed E-state index contributed by atoms with van der Waals surface area (Å²) in [7, 11) is 1.81.